The lowest BCUT2D eigenvalue weighted by atomic mass is 10.4. The maximum atomic E-state index is 11.3. The van der Waals surface area contributed by atoms with E-state index in [4.69, 9.17) is 0 Å². The molecule has 0 rings (SSSR count). The van der Waals surface area contributed by atoms with Gasteiger partial charge in [-0.1, -0.05) is 26.7 Å². The van der Waals surface area contributed by atoms with Crippen molar-refractivity contribution in [1.82, 2.24) is 0 Å². The fraction of sp³-hybridized carbons (Fsp3) is 1.00. The molecule has 0 aliphatic carbocycles. The Balaban J connectivity index is 3.49. The van der Waals surface area contributed by atoms with Crippen molar-refractivity contribution in [3.63, 3.8) is 0 Å². The van der Waals surface area contributed by atoms with E-state index >= 15 is 0 Å². The molecule has 5 heteroatoms. The summed E-state index contributed by atoms with van der Waals surface area (Å²) in [6.45, 7) is 4.14. The Kier molecular flexibility index (Phi) is 8.78. The third kappa shape index (κ3) is 9.20. The molecule has 13 heavy (non-hydrogen) atoms. The Labute approximate surface area is 89.2 Å². The van der Waals surface area contributed by atoms with Crippen LogP contribution in [0.3, 0.4) is 0 Å². The van der Waals surface area contributed by atoms with Gasteiger partial charge in [-0.15, -0.1) is 22.8 Å². The summed E-state index contributed by atoms with van der Waals surface area (Å²) in [6.07, 6.45) is 4.11. The second-order valence-electron chi connectivity index (χ2n) is 2.82. The lowest BCUT2D eigenvalue weighted by Gasteiger charge is -2.21. The van der Waals surface area contributed by atoms with E-state index in [0.717, 1.165) is 60.0 Å². The summed E-state index contributed by atoms with van der Waals surface area (Å²) < 4.78 is 11.3. The standard InChI is InChI=1S/C8H19O2PS2/c1-3-5-7-12-11(9,10)13-8-6-4-2/h3-8H2,1-2H3,(H,9,10)/p-1. The van der Waals surface area contributed by atoms with Gasteiger partial charge in [-0.3, -0.25) is 0 Å². The third-order valence-electron chi connectivity index (χ3n) is 1.49. The second kappa shape index (κ2) is 8.22. The lowest BCUT2D eigenvalue weighted by Crippen LogP contribution is -1.94. The normalized spacial score (nSPS) is 11.9. The molecule has 0 aromatic heterocycles. The quantitative estimate of drug-likeness (QED) is 0.481. The van der Waals surface area contributed by atoms with Gasteiger partial charge in [0.1, 0.15) is 5.77 Å². The van der Waals surface area contributed by atoms with Gasteiger partial charge in [0.2, 0.25) is 0 Å². The molecule has 2 nitrogen and oxygen atoms in total. The van der Waals surface area contributed by atoms with Crippen LogP contribution in [0, 0.1) is 0 Å². The minimum Gasteiger partial charge on any atom is -0.784 e. The highest BCUT2D eigenvalue weighted by molar-refractivity contribution is 8.88. The molecule has 0 aliphatic heterocycles. The second-order valence-corrected chi connectivity index (χ2v) is 10.2. The Morgan fingerprint density at radius 3 is 1.77 bits per heavy atom. The van der Waals surface area contributed by atoms with E-state index in [1.54, 1.807) is 0 Å². The van der Waals surface area contributed by atoms with Crippen molar-refractivity contribution in [3.8, 4) is 0 Å². The maximum Gasteiger partial charge on any atom is 0.123 e. The summed E-state index contributed by atoms with van der Waals surface area (Å²) in [6, 6.07) is 0. The van der Waals surface area contributed by atoms with Gasteiger partial charge < -0.3 is 9.46 Å². The highest BCUT2D eigenvalue weighted by atomic mass is 33.1. The van der Waals surface area contributed by atoms with E-state index in [2.05, 4.69) is 13.8 Å². The predicted molar refractivity (Wildman–Crippen MR) is 62.3 cm³/mol. The minimum atomic E-state index is -3.17. The van der Waals surface area contributed by atoms with E-state index in [1.807, 2.05) is 0 Å². The third-order valence-corrected chi connectivity index (χ3v) is 7.96. The molecule has 0 saturated carbocycles. The van der Waals surface area contributed by atoms with Crippen molar-refractivity contribution in [2.24, 2.45) is 0 Å². The minimum absolute atomic E-state index is 0.746. The zero-order valence-electron chi connectivity index (χ0n) is 8.32. The topological polar surface area (TPSA) is 40.1 Å². The molecule has 0 aromatic carbocycles. The van der Waals surface area contributed by atoms with E-state index in [9.17, 15) is 9.46 Å². The Morgan fingerprint density at radius 1 is 1.08 bits per heavy atom. The van der Waals surface area contributed by atoms with Gasteiger partial charge in [-0.25, -0.2) is 0 Å². The highest BCUT2D eigenvalue weighted by Crippen LogP contribution is 2.62. The first-order valence-corrected chi connectivity index (χ1v) is 9.53. The van der Waals surface area contributed by atoms with Crippen LogP contribution >= 0.6 is 28.5 Å². The predicted octanol–water partition coefficient (Wildman–Crippen LogP) is 3.52. The van der Waals surface area contributed by atoms with Crippen LogP contribution in [0.25, 0.3) is 0 Å². The van der Waals surface area contributed by atoms with E-state index < -0.39 is 5.77 Å². The molecule has 0 spiro atoms. The average molecular weight is 241 g/mol. The monoisotopic (exact) mass is 241 g/mol. The van der Waals surface area contributed by atoms with E-state index in [1.165, 1.54) is 0 Å². The number of unbranched alkanes of at least 4 members (excludes halogenated alkanes) is 2. The van der Waals surface area contributed by atoms with Crippen LogP contribution in [0.1, 0.15) is 39.5 Å². The fourth-order valence-corrected chi connectivity index (χ4v) is 6.39. The highest BCUT2D eigenvalue weighted by Gasteiger charge is 2.07. The summed E-state index contributed by atoms with van der Waals surface area (Å²) in [7, 11) is 0. The van der Waals surface area contributed by atoms with Gasteiger partial charge in [0, 0.05) is 0 Å². The summed E-state index contributed by atoms with van der Waals surface area (Å²) in [4.78, 5) is 11.3. The molecule has 0 N–H and O–H groups in total. The Hall–Kier alpha value is 0.890. The first-order valence-electron chi connectivity index (χ1n) is 4.72. The van der Waals surface area contributed by atoms with Crippen LogP contribution in [0.2, 0.25) is 0 Å². The van der Waals surface area contributed by atoms with Crippen molar-refractivity contribution < 1.29 is 9.46 Å². The molecule has 0 aliphatic rings. The smallest absolute Gasteiger partial charge is 0.123 e. The Bertz CT molecular complexity index is 150. The molecule has 0 amide bonds. The molecule has 0 aromatic rings. The first-order chi connectivity index (χ1) is 6.12. The Morgan fingerprint density at radius 2 is 1.46 bits per heavy atom. The zero-order chi connectivity index (χ0) is 10.2. The van der Waals surface area contributed by atoms with Gasteiger partial charge in [-0.05, 0) is 24.3 Å². The van der Waals surface area contributed by atoms with Gasteiger partial charge in [0.15, 0.2) is 0 Å². The van der Waals surface area contributed by atoms with Crippen molar-refractivity contribution in [3.05, 3.63) is 0 Å². The largest absolute Gasteiger partial charge is 0.784 e. The molecule has 0 atom stereocenters. The first kappa shape index (κ1) is 13.9. The maximum absolute atomic E-state index is 11.3. The SMILES string of the molecule is CCCCSP(=O)([O-])SCCCC. The fourth-order valence-electron chi connectivity index (χ4n) is 0.679. The van der Waals surface area contributed by atoms with Gasteiger partial charge in [-0.2, -0.15) is 0 Å². The van der Waals surface area contributed by atoms with Crippen molar-refractivity contribution >= 4 is 28.5 Å². The van der Waals surface area contributed by atoms with Gasteiger partial charge in [0.25, 0.3) is 0 Å². The van der Waals surface area contributed by atoms with E-state index in [0.29, 0.717) is 0 Å². The van der Waals surface area contributed by atoms with Gasteiger partial charge in [0.05, 0.1) is 0 Å². The van der Waals surface area contributed by atoms with Crippen LogP contribution in [-0.2, 0) is 4.57 Å². The van der Waals surface area contributed by atoms with Crippen LogP contribution in [0.15, 0.2) is 0 Å². The van der Waals surface area contributed by atoms with E-state index in [-0.39, 0.29) is 0 Å². The molecule has 0 fully saturated rings. The lowest BCUT2D eigenvalue weighted by molar-refractivity contribution is -0.160. The number of rotatable bonds is 8. The number of hydrogen-bond acceptors (Lipinski definition) is 4. The van der Waals surface area contributed by atoms with Crippen molar-refractivity contribution in [2.45, 2.75) is 39.5 Å². The van der Waals surface area contributed by atoms with Crippen LogP contribution in [-0.4, -0.2) is 11.5 Å². The molecular formula is C8H18O2PS2-. The number of hydrogen-bond donors (Lipinski definition) is 0. The molecule has 0 unspecified atom stereocenters. The average Bonchev–Trinajstić information content (AvgIpc) is 2.05. The van der Waals surface area contributed by atoms with Crippen molar-refractivity contribution in [2.75, 3.05) is 11.5 Å². The molecular weight excluding hydrogens is 223 g/mol. The zero-order valence-corrected chi connectivity index (χ0v) is 10.9. The molecule has 0 heterocycles. The van der Waals surface area contributed by atoms with Gasteiger partial charge >= 0.3 is 0 Å². The van der Waals surface area contributed by atoms with Crippen LogP contribution < -0.4 is 4.89 Å². The summed E-state index contributed by atoms with van der Waals surface area (Å²) in [5.74, 6) is -1.68. The summed E-state index contributed by atoms with van der Waals surface area (Å²) in [5, 5.41) is 0. The summed E-state index contributed by atoms with van der Waals surface area (Å²) >= 11 is 2.23. The van der Waals surface area contributed by atoms with Crippen LogP contribution in [0.4, 0.5) is 0 Å². The summed E-state index contributed by atoms with van der Waals surface area (Å²) in [5.41, 5.74) is 0. The molecule has 0 saturated heterocycles. The molecule has 0 radical (unpaired) electrons. The van der Waals surface area contributed by atoms with Crippen LogP contribution in [0.5, 0.6) is 0 Å². The molecule has 0 bridgehead atoms. The van der Waals surface area contributed by atoms with Crippen molar-refractivity contribution in [1.29, 1.82) is 0 Å². The molecule has 80 valence electrons.